The van der Waals surface area contributed by atoms with E-state index in [1.807, 2.05) is 0 Å². The highest BCUT2D eigenvalue weighted by molar-refractivity contribution is 5.48. The summed E-state index contributed by atoms with van der Waals surface area (Å²) in [6.07, 6.45) is 10.6. The number of unbranched alkanes of at least 4 members (excludes halogenated alkanes) is 5. The van der Waals surface area contributed by atoms with Crippen molar-refractivity contribution < 1.29 is 4.79 Å². The zero-order chi connectivity index (χ0) is 12.1. The van der Waals surface area contributed by atoms with Crippen LogP contribution in [-0.4, -0.2) is 30.8 Å². The zero-order valence-electron chi connectivity index (χ0n) is 11.2. The van der Waals surface area contributed by atoms with Gasteiger partial charge in [-0.25, -0.2) is 0 Å². The average Bonchev–Trinajstić information content (AvgIpc) is 2.30. The fourth-order valence-corrected chi connectivity index (χ4v) is 1.98. The lowest BCUT2D eigenvalue weighted by Crippen LogP contribution is -2.27. The molecule has 0 fully saturated rings. The molecule has 0 aromatic rings. The predicted molar refractivity (Wildman–Crippen MR) is 70.8 cm³/mol. The number of nitrogens with zero attached hydrogens (tertiary/aromatic N) is 1. The van der Waals surface area contributed by atoms with Crippen LogP contribution in [0.4, 0.5) is 0 Å². The van der Waals surface area contributed by atoms with Crippen LogP contribution in [0.15, 0.2) is 0 Å². The second kappa shape index (κ2) is 12.7. The van der Waals surface area contributed by atoms with Gasteiger partial charge in [0.15, 0.2) is 0 Å². The normalized spacial score (nSPS) is 10.9. The Morgan fingerprint density at radius 3 is 2.06 bits per heavy atom. The summed E-state index contributed by atoms with van der Waals surface area (Å²) >= 11 is 0. The highest BCUT2D eigenvalue weighted by Crippen LogP contribution is 2.04. The van der Waals surface area contributed by atoms with Crippen LogP contribution in [0.2, 0.25) is 0 Å². The van der Waals surface area contributed by atoms with Gasteiger partial charge in [0.05, 0.1) is 0 Å². The Balaban J connectivity index is 3.49. The Bertz CT molecular complexity index is 148. The smallest absolute Gasteiger partial charge is 0.119 e. The van der Waals surface area contributed by atoms with Crippen molar-refractivity contribution in [2.24, 2.45) is 0 Å². The molecular weight excluding hydrogens is 198 g/mol. The van der Waals surface area contributed by atoms with E-state index in [1.54, 1.807) is 0 Å². The number of rotatable bonds is 12. The molecule has 0 rings (SSSR count). The minimum atomic E-state index is 0.732. The molecule has 0 aliphatic heterocycles. The summed E-state index contributed by atoms with van der Waals surface area (Å²) in [5, 5.41) is 0. The molecule has 0 unspecified atom stereocenters. The summed E-state index contributed by atoms with van der Waals surface area (Å²) in [5.41, 5.74) is 0. The van der Waals surface area contributed by atoms with Gasteiger partial charge in [-0.2, -0.15) is 0 Å². The molecule has 0 aliphatic carbocycles. The average molecular weight is 227 g/mol. The van der Waals surface area contributed by atoms with E-state index in [1.165, 1.54) is 58.2 Å². The van der Waals surface area contributed by atoms with Crippen LogP contribution in [-0.2, 0) is 4.79 Å². The third kappa shape index (κ3) is 10.2. The fraction of sp³-hybridized carbons (Fsp3) is 0.929. The highest BCUT2D eigenvalue weighted by Gasteiger charge is 2.02. The Labute approximate surface area is 101 Å². The number of carbonyl (C=O) groups is 1. The Morgan fingerprint density at radius 2 is 1.50 bits per heavy atom. The molecule has 16 heavy (non-hydrogen) atoms. The third-order valence-electron chi connectivity index (χ3n) is 2.91. The molecule has 0 radical (unpaired) electrons. The number of hydrogen-bond acceptors (Lipinski definition) is 2. The summed E-state index contributed by atoms with van der Waals surface area (Å²) < 4.78 is 0. The van der Waals surface area contributed by atoms with Crippen molar-refractivity contribution in [3.63, 3.8) is 0 Å². The van der Waals surface area contributed by atoms with Crippen molar-refractivity contribution >= 4 is 6.29 Å². The quantitative estimate of drug-likeness (QED) is 0.375. The molecule has 0 aromatic heterocycles. The molecule has 0 bridgehead atoms. The second-order valence-corrected chi connectivity index (χ2v) is 4.56. The molecule has 0 saturated heterocycles. The summed E-state index contributed by atoms with van der Waals surface area (Å²) in [6.45, 7) is 8.13. The minimum absolute atomic E-state index is 0.732. The van der Waals surface area contributed by atoms with Gasteiger partial charge < -0.3 is 9.69 Å². The van der Waals surface area contributed by atoms with E-state index in [0.29, 0.717) is 0 Å². The SMILES string of the molecule is CCCCCCN(CCC)CCCCC=O. The summed E-state index contributed by atoms with van der Waals surface area (Å²) in [6, 6.07) is 0. The fourth-order valence-electron chi connectivity index (χ4n) is 1.98. The van der Waals surface area contributed by atoms with E-state index in [0.717, 1.165) is 19.1 Å². The van der Waals surface area contributed by atoms with Crippen molar-refractivity contribution in [1.82, 2.24) is 4.90 Å². The van der Waals surface area contributed by atoms with Crippen LogP contribution >= 0.6 is 0 Å². The molecule has 0 aliphatic rings. The zero-order valence-corrected chi connectivity index (χ0v) is 11.2. The van der Waals surface area contributed by atoms with Crippen LogP contribution in [0.1, 0.15) is 65.2 Å². The summed E-state index contributed by atoms with van der Waals surface area (Å²) in [7, 11) is 0. The third-order valence-corrected chi connectivity index (χ3v) is 2.91. The van der Waals surface area contributed by atoms with E-state index in [-0.39, 0.29) is 0 Å². The monoisotopic (exact) mass is 227 g/mol. The highest BCUT2D eigenvalue weighted by atomic mass is 16.1. The molecule has 2 nitrogen and oxygen atoms in total. The Kier molecular flexibility index (Phi) is 12.4. The van der Waals surface area contributed by atoms with E-state index < -0.39 is 0 Å². The van der Waals surface area contributed by atoms with Gasteiger partial charge in [0.2, 0.25) is 0 Å². The first-order valence-electron chi connectivity index (χ1n) is 7.01. The molecule has 0 atom stereocenters. The lowest BCUT2D eigenvalue weighted by Gasteiger charge is -2.21. The lowest BCUT2D eigenvalue weighted by molar-refractivity contribution is -0.107. The maximum absolute atomic E-state index is 10.2. The van der Waals surface area contributed by atoms with Gasteiger partial charge >= 0.3 is 0 Å². The molecule has 0 aromatic carbocycles. The van der Waals surface area contributed by atoms with Gasteiger partial charge in [-0.15, -0.1) is 0 Å². The summed E-state index contributed by atoms with van der Waals surface area (Å²) in [4.78, 5) is 12.8. The maximum atomic E-state index is 10.2. The van der Waals surface area contributed by atoms with Crippen LogP contribution in [0.3, 0.4) is 0 Å². The maximum Gasteiger partial charge on any atom is 0.119 e. The number of hydrogen-bond donors (Lipinski definition) is 0. The number of carbonyl (C=O) groups excluding carboxylic acids is 1. The lowest BCUT2D eigenvalue weighted by atomic mass is 10.2. The van der Waals surface area contributed by atoms with Crippen LogP contribution < -0.4 is 0 Å². The summed E-state index contributed by atoms with van der Waals surface area (Å²) in [5.74, 6) is 0. The van der Waals surface area contributed by atoms with Crippen molar-refractivity contribution in [2.75, 3.05) is 19.6 Å². The molecule has 0 N–H and O–H groups in total. The van der Waals surface area contributed by atoms with Crippen LogP contribution in [0, 0.1) is 0 Å². The molecule has 0 spiro atoms. The van der Waals surface area contributed by atoms with E-state index in [2.05, 4.69) is 18.7 Å². The Hall–Kier alpha value is -0.370. The molecular formula is C14H29NO. The molecule has 96 valence electrons. The van der Waals surface area contributed by atoms with Gasteiger partial charge in [0, 0.05) is 6.42 Å². The van der Waals surface area contributed by atoms with E-state index in [4.69, 9.17) is 0 Å². The van der Waals surface area contributed by atoms with Gasteiger partial charge in [-0.1, -0.05) is 33.1 Å². The van der Waals surface area contributed by atoms with Gasteiger partial charge in [-0.05, 0) is 45.3 Å². The van der Waals surface area contributed by atoms with Crippen LogP contribution in [0.25, 0.3) is 0 Å². The molecule has 2 heteroatoms. The van der Waals surface area contributed by atoms with Crippen molar-refractivity contribution in [1.29, 1.82) is 0 Å². The predicted octanol–water partition coefficient (Wildman–Crippen LogP) is 3.65. The first kappa shape index (κ1) is 15.6. The van der Waals surface area contributed by atoms with Gasteiger partial charge in [0.25, 0.3) is 0 Å². The number of aldehydes is 1. The molecule has 0 saturated carbocycles. The van der Waals surface area contributed by atoms with E-state index in [9.17, 15) is 4.79 Å². The first-order valence-corrected chi connectivity index (χ1v) is 7.01. The molecule has 0 heterocycles. The van der Waals surface area contributed by atoms with Crippen molar-refractivity contribution in [3.8, 4) is 0 Å². The van der Waals surface area contributed by atoms with Gasteiger partial charge in [0.1, 0.15) is 6.29 Å². The Morgan fingerprint density at radius 1 is 0.812 bits per heavy atom. The topological polar surface area (TPSA) is 20.3 Å². The van der Waals surface area contributed by atoms with Crippen molar-refractivity contribution in [2.45, 2.75) is 65.2 Å². The first-order chi connectivity index (χ1) is 7.85. The molecule has 0 amide bonds. The van der Waals surface area contributed by atoms with Crippen LogP contribution in [0.5, 0.6) is 0 Å². The van der Waals surface area contributed by atoms with Gasteiger partial charge in [-0.3, -0.25) is 0 Å². The minimum Gasteiger partial charge on any atom is -0.303 e. The van der Waals surface area contributed by atoms with Crippen molar-refractivity contribution in [3.05, 3.63) is 0 Å². The second-order valence-electron chi connectivity index (χ2n) is 4.56. The largest absolute Gasteiger partial charge is 0.303 e. The standard InChI is InChI=1S/C14H29NO/c1-3-5-6-8-12-15(11-4-2)13-9-7-10-14-16/h14H,3-13H2,1-2H3. The van der Waals surface area contributed by atoms with E-state index >= 15 is 0 Å².